The Balaban J connectivity index is 1.98. The van der Waals surface area contributed by atoms with Crippen LogP contribution < -0.4 is 0 Å². The number of aryl methyl sites for hydroxylation is 1. The SMILES string of the molecule is C[C@H]1C(=O)[C@](C)(CO)[C@@H]2Cc3c(c4ccccc4n3C)[C@H]1C2. The Labute approximate surface area is 130 Å². The molecule has 0 aliphatic heterocycles. The Morgan fingerprint density at radius 1 is 1.36 bits per heavy atom. The third-order valence-electron chi connectivity index (χ3n) is 6.43. The van der Waals surface area contributed by atoms with Crippen molar-refractivity contribution in [3.63, 3.8) is 0 Å². The van der Waals surface area contributed by atoms with Gasteiger partial charge in [0.1, 0.15) is 5.78 Å². The molecule has 4 atom stereocenters. The van der Waals surface area contributed by atoms with Gasteiger partial charge >= 0.3 is 0 Å². The van der Waals surface area contributed by atoms with Gasteiger partial charge in [-0.15, -0.1) is 0 Å². The van der Waals surface area contributed by atoms with Crippen LogP contribution in [-0.2, 0) is 18.3 Å². The van der Waals surface area contributed by atoms with Crippen molar-refractivity contribution in [2.45, 2.75) is 32.6 Å². The molecular formula is C19H23NO2. The van der Waals surface area contributed by atoms with Crippen molar-refractivity contribution < 1.29 is 9.90 Å². The van der Waals surface area contributed by atoms with Crippen molar-refractivity contribution in [2.75, 3.05) is 6.61 Å². The number of hydrogen-bond donors (Lipinski definition) is 1. The second kappa shape index (κ2) is 4.45. The molecule has 116 valence electrons. The minimum absolute atomic E-state index is 0.0155. The van der Waals surface area contributed by atoms with Crippen LogP contribution in [0.4, 0.5) is 0 Å². The maximum absolute atomic E-state index is 12.9. The van der Waals surface area contributed by atoms with E-state index in [2.05, 4.69) is 35.9 Å². The van der Waals surface area contributed by atoms with E-state index in [1.807, 2.05) is 13.8 Å². The number of rotatable bonds is 1. The van der Waals surface area contributed by atoms with Crippen LogP contribution in [0.1, 0.15) is 37.4 Å². The number of nitrogens with zero attached hydrogens (tertiary/aromatic N) is 1. The number of aliphatic hydroxyl groups is 1. The maximum atomic E-state index is 12.9. The third kappa shape index (κ3) is 1.52. The van der Waals surface area contributed by atoms with E-state index >= 15 is 0 Å². The Morgan fingerprint density at radius 2 is 2.09 bits per heavy atom. The monoisotopic (exact) mass is 297 g/mol. The lowest BCUT2D eigenvalue weighted by Gasteiger charge is -2.48. The second-order valence-corrected chi connectivity index (χ2v) is 7.41. The first-order valence-electron chi connectivity index (χ1n) is 8.20. The molecule has 2 aliphatic carbocycles. The molecule has 0 radical (unpaired) electrons. The average molecular weight is 297 g/mol. The molecular weight excluding hydrogens is 274 g/mol. The highest BCUT2D eigenvalue weighted by atomic mass is 16.3. The lowest BCUT2D eigenvalue weighted by Crippen LogP contribution is -2.51. The Kier molecular flexibility index (Phi) is 2.83. The standard InChI is InChI=1S/C19H23NO2/c1-11-14-8-12(19(2,10-21)18(11)22)9-16-17(14)13-6-4-5-7-15(13)20(16)3/h4-7,11-12,14,21H,8-10H2,1-3H3/t11-,12+,14+,19-/m1/s1. The molecule has 3 heteroatoms. The fraction of sp³-hybridized carbons (Fsp3) is 0.526. The van der Waals surface area contributed by atoms with Gasteiger partial charge < -0.3 is 9.67 Å². The number of carbonyl (C=O) groups excluding carboxylic acids is 1. The fourth-order valence-corrected chi connectivity index (χ4v) is 4.93. The maximum Gasteiger partial charge on any atom is 0.144 e. The summed E-state index contributed by atoms with van der Waals surface area (Å²) in [7, 11) is 2.13. The van der Waals surface area contributed by atoms with Crippen LogP contribution in [-0.4, -0.2) is 22.1 Å². The highest BCUT2D eigenvalue weighted by Gasteiger charge is 2.53. The van der Waals surface area contributed by atoms with E-state index in [9.17, 15) is 9.90 Å². The van der Waals surface area contributed by atoms with Gasteiger partial charge in [0, 0.05) is 29.6 Å². The normalized spacial score (nSPS) is 34.0. The summed E-state index contributed by atoms with van der Waals surface area (Å²) < 4.78 is 2.30. The van der Waals surface area contributed by atoms with E-state index in [0.717, 1.165) is 12.8 Å². The van der Waals surface area contributed by atoms with Crippen LogP contribution in [0.5, 0.6) is 0 Å². The minimum atomic E-state index is -0.579. The van der Waals surface area contributed by atoms with Crippen LogP contribution in [0.25, 0.3) is 10.9 Å². The highest BCUT2D eigenvalue weighted by Crippen LogP contribution is 2.54. The fourth-order valence-electron chi connectivity index (χ4n) is 4.93. The zero-order valence-electron chi connectivity index (χ0n) is 13.5. The molecule has 1 heterocycles. The molecule has 22 heavy (non-hydrogen) atoms. The molecule has 4 rings (SSSR count). The van der Waals surface area contributed by atoms with E-state index in [4.69, 9.17) is 0 Å². The number of aromatic nitrogens is 1. The zero-order valence-corrected chi connectivity index (χ0v) is 13.5. The number of carbonyl (C=O) groups is 1. The first kappa shape index (κ1) is 14.0. The van der Waals surface area contributed by atoms with Gasteiger partial charge in [-0.25, -0.2) is 0 Å². The van der Waals surface area contributed by atoms with Crippen LogP contribution in [0.2, 0.25) is 0 Å². The number of para-hydroxylation sites is 1. The molecule has 0 amide bonds. The number of ketones is 1. The van der Waals surface area contributed by atoms with Crippen LogP contribution in [0.3, 0.4) is 0 Å². The summed E-state index contributed by atoms with van der Waals surface area (Å²) in [5, 5.41) is 11.2. The van der Waals surface area contributed by atoms with Crippen molar-refractivity contribution >= 4 is 16.7 Å². The number of benzene rings is 1. The molecule has 1 N–H and O–H groups in total. The first-order valence-corrected chi connectivity index (χ1v) is 8.20. The van der Waals surface area contributed by atoms with E-state index in [1.54, 1.807) is 0 Å². The smallest absolute Gasteiger partial charge is 0.144 e. The third-order valence-corrected chi connectivity index (χ3v) is 6.43. The molecule has 1 aromatic carbocycles. The van der Waals surface area contributed by atoms with Gasteiger partial charge in [0.25, 0.3) is 0 Å². The van der Waals surface area contributed by atoms with E-state index in [1.165, 1.54) is 22.2 Å². The molecule has 0 unspecified atom stereocenters. The summed E-state index contributed by atoms with van der Waals surface area (Å²) in [6.07, 6.45) is 1.91. The van der Waals surface area contributed by atoms with Gasteiger partial charge in [0.2, 0.25) is 0 Å². The number of aliphatic hydroxyl groups excluding tert-OH is 1. The molecule has 2 bridgehead atoms. The predicted molar refractivity (Wildman–Crippen MR) is 86.8 cm³/mol. The molecule has 1 saturated carbocycles. The van der Waals surface area contributed by atoms with Crippen LogP contribution in [0.15, 0.2) is 24.3 Å². The largest absolute Gasteiger partial charge is 0.395 e. The lowest BCUT2D eigenvalue weighted by molar-refractivity contribution is -0.143. The average Bonchev–Trinajstić information content (AvgIpc) is 2.84. The molecule has 2 aliphatic rings. The zero-order chi connectivity index (χ0) is 15.6. The summed E-state index contributed by atoms with van der Waals surface area (Å²) in [6.45, 7) is 3.97. The van der Waals surface area contributed by atoms with E-state index < -0.39 is 5.41 Å². The molecule has 2 aromatic rings. The molecule has 3 nitrogen and oxygen atoms in total. The Hall–Kier alpha value is -1.61. The molecule has 1 aromatic heterocycles. The minimum Gasteiger partial charge on any atom is -0.395 e. The van der Waals surface area contributed by atoms with Gasteiger partial charge in [0.05, 0.1) is 12.0 Å². The first-order chi connectivity index (χ1) is 10.5. The van der Waals surface area contributed by atoms with Crippen LogP contribution in [0, 0.1) is 17.3 Å². The molecule has 1 fully saturated rings. The van der Waals surface area contributed by atoms with Crippen molar-refractivity contribution in [1.82, 2.24) is 4.57 Å². The highest BCUT2D eigenvalue weighted by molar-refractivity contribution is 5.92. The molecule has 0 spiro atoms. The summed E-state index contributed by atoms with van der Waals surface area (Å²) in [6, 6.07) is 8.51. The Bertz CT molecular complexity index is 775. The van der Waals surface area contributed by atoms with Gasteiger partial charge in [-0.2, -0.15) is 0 Å². The van der Waals surface area contributed by atoms with Crippen molar-refractivity contribution in [3.05, 3.63) is 35.5 Å². The Morgan fingerprint density at radius 3 is 2.82 bits per heavy atom. The number of fused-ring (bicyclic) bond motifs is 6. The number of Topliss-reactive ketones (excluding diaryl/α,β-unsaturated/α-hetero) is 1. The van der Waals surface area contributed by atoms with E-state index in [0.29, 0.717) is 5.92 Å². The lowest BCUT2D eigenvalue weighted by atomic mass is 9.55. The number of hydrogen-bond acceptors (Lipinski definition) is 2. The van der Waals surface area contributed by atoms with Crippen molar-refractivity contribution in [1.29, 1.82) is 0 Å². The van der Waals surface area contributed by atoms with Crippen molar-refractivity contribution in [3.8, 4) is 0 Å². The van der Waals surface area contributed by atoms with Crippen LogP contribution >= 0.6 is 0 Å². The van der Waals surface area contributed by atoms with Gasteiger partial charge in [-0.05, 0) is 36.3 Å². The summed E-state index contributed by atoms with van der Waals surface area (Å²) in [4.78, 5) is 12.9. The summed E-state index contributed by atoms with van der Waals surface area (Å²) in [5.74, 6) is 0.779. The second-order valence-electron chi connectivity index (χ2n) is 7.41. The van der Waals surface area contributed by atoms with Crippen molar-refractivity contribution in [2.24, 2.45) is 24.3 Å². The summed E-state index contributed by atoms with van der Waals surface area (Å²) >= 11 is 0. The van der Waals surface area contributed by atoms with Gasteiger partial charge in [-0.1, -0.05) is 32.0 Å². The predicted octanol–water partition coefficient (Wildman–Crippen LogP) is 3.04. The molecule has 0 saturated heterocycles. The quantitative estimate of drug-likeness (QED) is 0.879. The topological polar surface area (TPSA) is 42.2 Å². The van der Waals surface area contributed by atoms with E-state index in [-0.39, 0.29) is 24.2 Å². The van der Waals surface area contributed by atoms with Gasteiger partial charge in [0.15, 0.2) is 0 Å². The van der Waals surface area contributed by atoms with Gasteiger partial charge in [-0.3, -0.25) is 4.79 Å². The summed E-state index contributed by atoms with van der Waals surface area (Å²) in [5.41, 5.74) is 3.42.